The molecule has 2 unspecified atom stereocenters. The van der Waals surface area contributed by atoms with Gasteiger partial charge in [0, 0.05) is 12.8 Å². The Morgan fingerprint density at radius 1 is 1.30 bits per heavy atom. The van der Waals surface area contributed by atoms with Gasteiger partial charge in [-0.1, -0.05) is 12.1 Å². The Morgan fingerprint density at radius 2 is 2.09 bits per heavy atom. The minimum atomic E-state index is -4.44. The Hall–Kier alpha value is -2.33. The molecule has 1 saturated heterocycles. The van der Waals surface area contributed by atoms with Crippen molar-refractivity contribution in [3.63, 3.8) is 0 Å². The maximum absolute atomic E-state index is 13.1. The number of nitrogens with zero attached hydrogens (tertiary/aromatic N) is 3. The van der Waals surface area contributed by atoms with Crippen molar-refractivity contribution in [2.45, 2.75) is 25.1 Å². The number of hydrogen-bond donors (Lipinski definition) is 0. The molecule has 1 aliphatic rings. The number of benzene rings is 1. The van der Waals surface area contributed by atoms with Crippen LogP contribution in [0, 0.1) is 17.2 Å². The Kier molecular flexibility index (Phi) is 4.09. The molecule has 23 heavy (non-hydrogen) atoms. The maximum Gasteiger partial charge on any atom is 0.418 e. The van der Waals surface area contributed by atoms with Gasteiger partial charge in [-0.05, 0) is 25.0 Å². The van der Waals surface area contributed by atoms with Gasteiger partial charge < -0.3 is 9.30 Å². The van der Waals surface area contributed by atoms with Crippen LogP contribution in [0.5, 0.6) is 0 Å². The SMILES string of the molecule is N#CC1CCOC(c2cn(-c3ccccc3C(F)(F)F)cn2)C1. The van der Waals surface area contributed by atoms with Gasteiger partial charge in [-0.15, -0.1) is 0 Å². The van der Waals surface area contributed by atoms with Crippen LogP contribution in [-0.2, 0) is 10.9 Å². The zero-order chi connectivity index (χ0) is 16.4. The highest BCUT2D eigenvalue weighted by Gasteiger charge is 2.34. The van der Waals surface area contributed by atoms with E-state index < -0.39 is 11.7 Å². The van der Waals surface area contributed by atoms with Crippen LogP contribution in [0.15, 0.2) is 36.8 Å². The van der Waals surface area contributed by atoms with Crippen molar-refractivity contribution in [2.24, 2.45) is 5.92 Å². The first-order valence-corrected chi connectivity index (χ1v) is 7.20. The van der Waals surface area contributed by atoms with Crippen molar-refractivity contribution < 1.29 is 17.9 Å². The summed E-state index contributed by atoms with van der Waals surface area (Å²) in [7, 11) is 0. The number of hydrogen-bond acceptors (Lipinski definition) is 3. The van der Waals surface area contributed by atoms with E-state index in [0.717, 1.165) is 6.07 Å². The van der Waals surface area contributed by atoms with Crippen LogP contribution in [0.25, 0.3) is 5.69 Å². The molecule has 0 N–H and O–H groups in total. The molecular weight excluding hydrogens is 307 g/mol. The molecule has 0 bridgehead atoms. The fraction of sp³-hybridized carbons (Fsp3) is 0.375. The predicted octanol–water partition coefficient (Wildman–Crippen LogP) is 3.88. The van der Waals surface area contributed by atoms with E-state index in [1.54, 1.807) is 6.07 Å². The Labute approximate surface area is 131 Å². The van der Waals surface area contributed by atoms with Crippen molar-refractivity contribution in [3.05, 3.63) is 48.0 Å². The summed E-state index contributed by atoms with van der Waals surface area (Å²) in [5.74, 6) is -0.110. The Bertz CT molecular complexity index is 733. The van der Waals surface area contributed by atoms with E-state index in [1.165, 1.54) is 29.2 Å². The van der Waals surface area contributed by atoms with E-state index in [-0.39, 0.29) is 17.7 Å². The summed E-state index contributed by atoms with van der Waals surface area (Å²) in [6.45, 7) is 0.453. The summed E-state index contributed by atoms with van der Waals surface area (Å²) in [6.07, 6.45) is -0.727. The van der Waals surface area contributed by atoms with Crippen LogP contribution in [0.2, 0.25) is 0 Å². The molecule has 0 radical (unpaired) electrons. The molecule has 4 nitrogen and oxygen atoms in total. The van der Waals surface area contributed by atoms with Crippen molar-refractivity contribution in [2.75, 3.05) is 6.61 Å². The third-order valence-electron chi connectivity index (χ3n) is 3.89. The lowest BCUT2D eigenvalue weighted by atomic mass is 9.96. The summed E-state index contributed by atoms with van der Waals surface area (Å²) in [5.41, 5.74) is -0.156. The molecular formula is C16H14F3N3O. The second kappa shape index (κ2) is 6.05. The van der Waals surface area contributed by atoms with E-state index in [1.807, 2.05) is 0 Å². The molecule has 1 aliphatic heterocycles. The number of imidazole rings is 1. The molecule has 3 rings (SSSR count). The number of halogens is 3. The minimum Gasteiger partial charge on any atom is -0.372 e. The zero-order valence-corrected chi connectivity index (χ0v) is 12.1. The van der Waals surface area contributed by atoms with Crippen LogP contribution < -0.4 is 0 Å². The van der Waals surface area contributed by atoms with Gasteiger partial charge in [0.25, 0.3) is 0 Å². The van der Waals surface area contributed by atoms with Crippen molar-refractivity contribution in [3.8, 4) is 11.8 Å². The smallest absolute Gasteiger partial charge is 0.372 e. The Balaban J connectivity index is 1.90. The molecule has 0 spiro atoms. The fourth-order valence-corrected chi connectivity index (χ4v) is 2.69. The quantitative estimate of drug-likeness (QED) is 0.843. The summed E-state index contributed by atoms with van der Waals surface area (Å²) in [5, 5.41) is 9.01. The maximum atomic E-state index is 13.1. The standard InChI is InChI=1S/C16H14F3N3O/c17-16(18,19)12-3-1-2-4-14(12)22-9-13(21-10-22)15-7-11(8-20)5-6-23-15/h1-4,9-11,15H,5-7H2. The van der Waals surface area contributed by atoms with E-state index in [4.69, 9.17) is 10.00 Å². The van der Waals surface area contributed by atoms with Crippen molar-refractivity contribution in [1.82, 2.24) is 9.55 Å². The van der Waals surface area contributed by atoms with Crippen LogP contribution in [0.1, 0.15) is 30.2 Å². The molecule has 2 atom stereocenters. The lowest BCUT2D eigenvalue weighted by Gasteiger charge is -2.24. The van der Waals surface area contributed by atoms with Crippen LogP contribution in [0.3, 0.4) is 0 Å². The topological polar surface area (TPSA) is 50.8 Å². The lowest BCUT2D eigenvalue weighted by molar-refractivity contribution is -0.137. The second-order valence-electron chi connectivity index (χ2n) is 5.43. The van der Waals surface area contributed by atoms with Gasteiger partial charge in [-0.3, -0.25) is 0 Å². The molecule has 7 heteroatoms. The minimum absolute atomic E-state index is 0.0198. The summed E-state index contributed by atoms with van der Waals surface area (Å²) in [6, 6.07) is 7.55. The van der Waals surface area contributed by atoms with E-state index in [2.05, 4.69) is 11.1 Å². The van der Waals surface area contributed by atoms with Gasteiger partial charge in [0.05, 0.1) is 35.3 Å². The highest BCUT2D eigenvalue weighted by atomic mass is 19.4. The predicted molar refractivity (Wildman–Crippen MR) is 75.6 cm³/mol. The largest absolute Gasteiger partial charge is 0.418 e. The first kappa shape index (κ1) is 15.6. The number of alkyl halides is 3. The molecule has 2 aromatic rings. The average Bonchev–Trinajstić information content (AvgIpc) is 3.04. The summed E-state index contributed by atoms with van der Waals surface area (Å²) in [4.78, 5) is 4.17. The number of rotatable bonds is 2. The number of aromatic nitrogens is 2. The van der Waals surface area contributed by atoms with Gasteiger partial charge >= 0.3 is 6.18 Å². The number of nitriles is 1. The van der Waals surface area contributed by atoms with Crippen LogP contribution in [-0.4, -0.2) is 16.2 Å². The average molecular weight is 321 g/mol. The third-order valence-corrected chi connectivity index (χ3v) is 3.89. The molecule has 120 valence electrons. The first-order valence-electron chi connectivity index (χ1n) is 7.20. The molecule has 0 saturated carbocycles. The molecule has 1 aromatic carbocycles. The molecule has 2 heterocycles. The number of ether oxygens (including phenoxy) is 1. The highest BCUT2D eigenvalue weighted by Crippen LogP contribution is 2.35. The summed E-state index contributed by atoms with van der Waals surface area (Å²) >= 11 is 0. The van der Waals surface area contributed by atoms with Gasteiger partial charge in [-0.2, -0.15) is 18.4 Å². The van der Waals surface area contributed by atoms with E-state index >= 15 is 0 Å². The van der Waals surface area contributed by atoms with Crippen molar-refractivity contribution >= 4 is 0 Å². The lowest BCUT2D eigenvalue weighted by Crippen LogP contribution is -2.19. The molecule has 0 amide bonds. The van der Waals surface area contributed by atoms with Gasteiger partial charge in [0.1, 0.15) is 6.10 Å². The van der Waals surface area contributed by atoms with Crippen LogP contribution in [0.4, 0.5) is 13.2 Å². The van der Waals surface area contributed by atoms with Gasteiger partial charge in [0.15, 0.2) is 0 Å². The van der Waals surface area contributed by atoms with E-state index in [9.17, 15) is 13.2 Å². The molecule has 1 aromatic heterocycles. The van der Waals surface area contributed by atoms with Gasteiger partial charge in [0.2, 0.25) is 0 Å². The third kappa shape index (κ3) is 3.22. The Morgan fingerprint density at radius 3 is 2.83 bits per heavy atom. The van der Waals surface area contributed by atoms with Gasteiger partial charge in [-0.25, -0.2) is 4.98 Å². The molecule has 1 fully saturated rings. The normalized spacial score (nSPS) is 21.8. The fourth-order valence-electron chi connectivity index (χ4n) is 2.69. The first-order chi connectivity index (χ1) is 11.0. The second-order valence-corrected chi connectivity index (χ2v) is 5.43. The number of para-hydroxylation sites is 1. The monoisotopic (exact) mass is 321 g/mol. The van der Waals surface area contributed by atoms with E-state index in [0.29, 0.717) is 25.1 Å². The molecule has 0 aliphatic carbocycles. The highest BCUT2D eigenvalue weighted by molar-refractivity contribution is 5.43. The summed E-state index contributed by atoms with van der Waals surface area (Å²) < 4.78 is 46.2. The van der Waals surface area contributed by atoms with Crippen LogP contribution >= 0.6 is 0 Å². The van der Waals surface area contributed by atoms with Crippen molar-refractivity contribution in [1.29, 1.82) is 5.26 Å². The zero-order valence-electron chi connectivity index (χ0n) is 12.1.